The van der Waals surface area contributed by atoms with E-state index in [4.69, 9.17) is 0 Å². The quantitative estimate of drug-likeness (QED) is 0.932. The smallest absolute Gasteiger partial charge is 0.281 e. The van der Waals surface area contributed by atoms with Gasteiger partial charge in [-0.2, -0.15) is 8.42 Å². The Morgan fingerprint density at radius 3 is 2.47 bits per heavy atom. The third-order valence-corrected chi connectivity index (χ3v) is 4.46. The number of aryl methyl sites for hydroxylation is 1. The van der Waals surface area contributed by atoms with Crippen LogP contribution in [0.25, 0.3) is 0 Å². The summed E-state index contributed by atoms with van der Waals surface area (Å²) >= 11 is 0. The van der Waals surface area contributed by atoms with E-state index in [1.807, 2.05) is 6.92 Å². The van der Waals surface area contributed by atoms with Gasteiger partial charge in [0.2, 0.25) is 0 Å². The maximum absolute atomic E-state index is 12.8. The van der Waals surface area contributed by atoms with E-state index in [-0.39, 0.29) is 5.03 Å². The van der Waals surface area contributed by atoms with Crippen molar-refractivity contribution in [3.05, 3.63) is 42.1 Å². The van der Waals surface area contributed by atoms with Gasteiger partial charge in [-0.1, -0.05) is 6.92 Å². The van der Waals surface area contributed by atoms with Gasteiger partial charge in [0.15, 0.2) is 5.03 Å². The number of nitrogens with zero attached hydrogens (tertiary/aromatic N) is 2. The lowest BCUT2D eigenvalue weighted by Gasteiger charge is -2.18. The van der Waals surface area contributed by atoms with Gasteiger partial charge in [0.05, 0.1) is 11.9 Å². The number of rotatable bonds is 4. The number of hydrogen-bond donors (Lipinski definition) is 1. The number of imidazole rings is 1. The van der Waals surface area contributed by atoms with Crippen molar-refractivity contribution in [2.24, 2.45) is 0 Å². The van der Waals surface area contributed by atoms with Crippen LogP contribution in [0.15, 0.2) is 35.5 Å². The Labute approximate surface area is 111 Å². The van der Waals surface area contributed by atoms with Crippen LogP contribution in [0.2, 0.25) is 0 Å². The highest BCUT2D eigenvalue weighted by atomic mass is 32.2. The molecule has 5 nitrogen and oxygen atoms in total. The van der Waals surface area contributed by atoms with Crippen LogP contribution in [0.1, 0.15) is 12.7 Å². The van der Waals surface area contributed by atoms with Crippen LogP contribution in [-0.4, -0.2) is 25.4 Å². The molecule has 0 atom stereocenters. The molecular formula is C12H14FN3O2S. The molecule has 1 aromatic heterocycles. The second-order valence-electron chi connectivity index (χ2n) is 4.00. The molecular weight excluding hydrogens is 269 g/mol. The zero-order chi connectivity index (χ0) is 14.0. The lowest BCUT2D eigenvalue weighted by Crippen LogP contribution is -2.26. The average Bonchev–Trinajstić information content (AvgIpc) is 2.88. The first-order valence-corrected chi connectivity index (χ1v) is 7.17. The molecule has 0 saturated carbocycles. The van der Waals surface area contributed by atoms with Crippen molar-refractivity contribution in [3.8, 4) is 0 Å². The summed E-state index contributed by atoms with van der Waals surface area (Å²) in [6, 6.07) is 5.24. The zero-order valence-corrected chi connectivity index (χ0v) is 11.4. The zero-order valence-electron chi connectivity index (χ0n) is 10.6. The number of anilines is 1. The minimum absolute atomic E-state index is 0.0242. The largest absolute Gasteiger partial charge is 0.332 e. The summed E-state index contributed by atoms with van der Waals surface area (Å²) < 4.78 is 38.5. The molecule has 0 bridgehead atoms. The monoisotopic (exact) mass is 283 g/mol. The molecule has 2 aromatic rings. The Hall–Kier alpha value is -1.89. The minimum Gasteiger partial charge on any atom is -0.332 e. The molecule has 2 rings (SSSR count). The van der Waals surface area contributed by atoms with Gasteiger partial charge >= 0.3 is 0 Å². The highest BCUT2D eigenvalue weighted by molar-refractivity contribution is 7.92. The Bertz CT molecular complexity index is 665. The van der Waals surface area contributed by atoms with Crippen LogP contribution in [-0.2, 0) is 16.4 Å². The van der Waals surface area contributed by atoms with Crippen molar-refractivity contribution in [3.63, 3.8) is 0 Å². The Balaban J connectivity index is 2.36. The summed E-state index contributed by atoms with van der Waals surface area (Å²) in [5.74, 6) is 0.190. The van der Waals surface area contributed by atoms with Crippen LogP contribution in [0.3, 0.4) is 0 Å². The van der Waals surface area contributed by atoms with Gasteiger partial charge in [-0.25, -0.2) is 9.37 Å². The van der Waals surface area contributed by atoms with Gasteiger partial charge in [0.1, 0.15) is 11.6 Å². The van der Waals surface area contributed by atoms with Crippen molar-refractivity contribution in [1.29, 1.82) is 0 Å². The molecule has 0 spiro atoms. The van der Waals surface area contributed by atoms with Crippen molar-refractivity contribution in [1.82, 2.24) is 9.97 Å². The van der Waals surface area contributed by atoms with Crippen molar-refractivity contribution in [2.45, 2.75) is 18.4 Å². The summed E-state index contributed by atoms with van der Waals surface area (Å²) in [7, 11) is -2.29. The van der Waals surface area contributed by atoms with E-state index in [1.165, 1.54) is 37.5 Å². The van der Waals surface area contributed by atoms with E-state index in [2.05, 4.69) is 9.97 Å². The molecule has 0 radical (unpaired) electrons. The molecule has 1 heterocycles. The summed E-state index contributed by atoms with van der Waals surface area (Å²) in [6.45, 7) is 1.87. The van der Waals surface area contributed by atoms with Crippen LogP contribution in [0.5, 0.6) is 0 Å². The van der Waals surface area contributed by atoms with E-state index in [1.54, 1.807) is 0 Å². The van der Waals surface area contributed by atoms with Gasteiger partial charge in [0, 0.05) is 13.5 Å². The number of aromatic amines is 1. The fourth-order valence-electron chi connectivity index (χ4n) is 1.59. The molecule has 102 valence electrons. The highest BCUT2D eigenvalue weighted by Gasteiger charge is 2.23. The van der Waals surface area contributed by atoms with Crippen LogP contribution >= 0.6 is 0 Å². The molecule has 0 aliphatic rings. The number of hydrogen-bond acceptors (Lipinski definition) is 3. The number of H-pyrrole nitrogens is 1. The molecule has 1 N–H and O–H groups in total. The van der Waals surface area contributed by atoms with E-state index in [0.29, 0.717) is 17.9 Å². The number of aromatic nitrogens is 2. The minimum atomic E-state index is -3.70. The SMILES string of the molecule is CCc1ncc(S(=O)(=O)N(C)c2ccc(F)cc2)[nH]1. The van der Waals surface area contributed by atoms with Crippen molar-refractivity contribution < 1.29 is 12.8 Å². The fourth-order valence-corrected chi connectivity index (χ4v) is 2.72. The lowest BCUT2D eigenvalue weighted by atomic mass is 10.3. The predicted molar refractivity (Wildman–Crippen MR) is 70.0 cm³/mol. The second kappa shape index (κ2) is 5.00. The van der Waals surface area contributed by atoms with Gasteiger partial charge in [0.25, 0.3) is 10.0 Å². The third kappa shape index (κ3) is 2.60. The first-order valence-electron chi connectivity index (χ1n) is 5.73. The topological polar surface area (TPSA) is 66.1 Å². The number of sulfonamides is 1. The maximum Gasteiger partial charge on any atom is 0.281 e. The van der Waals surface area contributed by atoms with E-state index < -0.39 is 15.8 Å². The molecule has 0 aliphatic carbocycles. The molecule has 0 amide bonds. The molecule has 0 unspecified atom stereocenters. The summed E-state index contributed by atoms with van der Waals surface area (Å²) in [4.78, 5) is 6.72. The van der Waals surface area contributed by atoms with E-state index in [0.717, 1.165) is 4.31 Å². The maximum atomic E-state index is 12.8. The Morgan fingerprint density at radius 2 is 1.95 bits per heavy atom. The predicted octanol–water partition coefficient (Wildman–Crippen LogP) is 1.94. The normalized spacial score (nSPS) is 11.5. The van der Waals surface area contributed by atoms with E-state index in [9.17, 15) is 12.8 Å². The fraction of sp³-hybridized carbons (Fsp3) is 0.250. The van der Waals surface area contributed by atoms with Crippen molar-refractivity contribution >= 4 is 15.7 Å². The molecule has 0 fully saturated rings. The average molecular weight is 283 g/mol. The first kappa shape index (κ1) is 13.5. The highest BCUT2D eigenvalue weighted by Crippen LogP contribution is 2.21. The van der Waals surface area contributed by atoms with E-state index >= 15 is 0 Å². The lowest BCUT2D eigenvalue weighted by molar-refractivity contribution is 0.590. The molecule has 0 aliphatic heterocycles. The van der Waals surface area contributed by atoms with Crippen LogP contribution in [0.4, 0.5) is 10.1 Å². The number of nitrogens with one attached hydrogen (secondary N) is 1. The van der Waals surface area contributed by atoms with Gasteiger partial charge in [-0.15, -0.1) is 0 Å². The summed E-state index contributed by atoms with van der Waals surface area (Å²) in [5, 5.41) is 0.0242. The van der Waals surface area contributed by atoms with Crippen LogP contribution < -0.4 is 4.31 Å². The van der Waals surface area contributed by atoms with Gasteiger partial charge in [-0.3, -0.25) is 4.31 Å². The van der Waals surface area contributed by atoms with Gasteiger partial charge < -0.3 is 4.98 Å². The Kier molecular flexibility index (Phi) is 3.57. The molecule has 7 heteroatoms. The molecule has 0 saturated heterocycles. The summed E-state index contributed by atoms with van der Waals surface area (Å²) in [6.07, 6.45) is 1.91. The Morgan fingerprint density at radius 1 is 1.32 bits per heavy atom. The van der Waals surface area contributed by atoms with Crippen LogP contribution in [0, 0.1) is 5.82 Å². The summed E-state index contributed by atoms with van der Waals surface area (Å²) in [5.41, 5.74) is 0.383. The number of benzene rings is 1. The first-order chi connectivity index (χ1) is 8.95. The third-order valence-electron chi connectivity index (χ3n) is 2.77. The van der Waals surface area contributed by atoms with Crippen molar-refractivity contribution in [2.75, 3.05) is 11.4 Å². The van der Waals surface area contributed by atoms with Gasteiger partial charge in [-0.05, 0) is 24.3 Å². The second-order valence-corrected chi connectivity index (χ2v) is 5.93. The number of halogens is 1. The molecule has 1 aromatic carbocycles. The standard InChI is InChI=1S/C12H14FN3O2S/c1-3-11-14-8-12(15-11)19(17,18)16(2)10-6-4-9(13)5-7-10/h4-8H,3H2,1-2H3,(H,14,15). The molecule has 19 heavy (non-hydrogen) atoms.